The molecule has 0 unspecified atom stereocenters. The number of esters is 1. The quantitative estimate of drug-likeness (QED) is 0.388. The number of likely N-dealkylation sites (N-methyl/N-ethyl adjacent to an activating group) is 1. The molecule has 0 N–H and O–H groups in total. The van der Waals surface area contributed by atoms with Gasteiger partial charge in [-0.2, -0.15) is 4.31 Å². The number of hydrogen-bond donors (Lipinski definition) is 0. The maximum atomic E-state index is 13.0. The number of nitrogens with zero attached hydrogens (tertiary/aromatic N) is 2. The number of morpholine rings is 1. The Morgan fingerprint density at radius 1 is 1.24 bits per heavy atom. The molecule has 0 saturated carbocycles. The van der Waals surface area contributed by atoms with Gasteiger partial charge in [0.15, 0.2) is 6.61 Å². The molecule has 1 aliphatic heterocycles. The maximum absolute atomic E-state index is 13.0. The van der Waals surface area contributed by atoms with E-state index in [0.29, 0.717) is 25.3 Å². The van der Waals surface area contributed by atoms with E-state index in [2.05, 4.69) is 0 Å². The molecular formula is C22H26N2O7S2. The summed E-state index contributed by atoms with van der Waals surface area (Å²) in [6.45, 7) is 1.22. The fourth-order valence-corrected chi connectivity index (χ4v) is 5.46. The first kappa shape index (κ1) is 24.9. The van der Waals surface area contributed by atoms with Crippen LogP contribution in [0.15, 0.2) is 46.7 Å². The van der Waals surface area contributed by atoms with Crippen molar-refractivity contribution < 1.29 is 32.2 Å². The average Bonchev–Trinajstić information content (AvgIpc) is 3.34. The monoisotopic (exact) mass is 494 g/mol. The molecule has 11 heteroatoms. The summed E-state index contributed by atoms with van der Waals surface area (Å²) in [5.41, 5.74) is 0.473. The van der Waals surface area contributed by atoms with E-state index >= 15 is 0 Å². The Kier molecular flexibility index (Phi) is 8.61. The number of benzene rings is 1. The highest BCUT2D eigenvalue weighted by atomic mass is 32.2. The molecule has 9 nitrogen and oxygen atoms in total. The van der Waals surface area contributed by atoms with Crippen LogP contribution >= 0.6 is 11.3 Å². The van der Waals surface area contributed by atoms with Crippen LogP contribution in [0.5, 0.6) is 5.75 Å². The number of rotatable bonds is 9. The number of sulfonamides is 1. The van der Waals surface area contributed by atoms with E-state index in [4.69, 9.17) is 14.2 Å². The highest BCUT2D eigenvalue weighted by molar-refractivity contribution is 7.89. The summed E-state index contributed by atoms with van der Waals surface area (Å²) in [6.07, 6.45) is 2.58. The van der Waals surface area contributed by atoms with Crippen LogP contribution in [-0.4, -0.2) is 76.6 Å². The predicted octanol–water partition coefficient (Wildman–Crippen LogP) is 1.99. The van der Waals surface area contributed by atoms with Crippen LogP contribution in [0.2, 0.25) is 0 Å². The third-order valence-corrected chi connectivity index (χ3v) is 7.71. The van der Waals surface area contributed by atoms with Gasteiger partial charge in [0.05, 0.1) is 26.9 Å². The molecule has 1 aromatic carbocycles. The molecule has 1 aliphatic rings. The summed E-state index contributed by atoms with van der Waals surface area (Å²) >= 11 is 1.54. The zero-order chi connectivity index (χ0) is 23.8. The maximum Gasteiger partial charge on any atom is 0.331 e. The fourth-order valence-electron chi connectivity index (χ4n) is 3.10. The van der Waals surface area contributed by atoms with E-state index in [-0.39, 0.29) is 36.2 Å². The van der Waals surface area contributed by atoms with Gasteiger partial charge >= 0.3 is 5.97 Å². The van der Waals surface area contributed by atoms with Gasteiger partial charge in [0.2, 0.25) is 10.0 Å². The second kappa shape index (κ2) is 11.4. The van der Waals surface area contributed by atoms with E-state index in [9.17, 15) is 18.0 Å². The number of ether oxygens (including phenoxy) is 3. The van der Waals surface area contributed by atoms with Gasteiger partial charge in [-0.1, -0.05) is 12.1 Å². The van der Waals surface area contributed by atoms with Crippen LogP contribution in [0.1, 0.15) is 10.4 Å². The smallest absolute Gasteiger partial charge is 0.331 e. The second-order valence-corrected chi connectivity index (χ2v) is 10.1. The van der Waals surface area contributed by atoms with Crippen LogP contribution in [-0.2, 0) is 35.6 Å². The number of carbonyl (C=O) groups excluding carboxylic acids is 2. The molecule has 2 aromatic rings. The van der Waals surface area contributed by atoms with Crippen molar-refractivity contribution in [2.24, 2.45) is 0 Å². The lowest BCUT2D eigenvalue weighted by atomic mass is 10.2. The van der Waals surface area contributed by atoms with Crippen molar-refractivity contribution in [1.29, 1.82) is 0 Å². The molecule has 0 bridgehead atoms. The first-order chi connectivity index (χ1) is 15.8. The minimum absolute atomic E-state index is 0.00722. The van der Waals surface area contributed by atoms with Crippen molar-refractivity contribution >= 4 is 39.3 Å². The Balaban J connectivity index is 1.62. The zero-order valence-electron chi connectivity index (χ0n) is 18.4. The molecule has 33 heavy (non-hydrogen) atoms. The molecule has 1 amide bonds. The number of hydrogen-bond acceptors (Lipinski definition) is 8. The minimum atomic E-state index is -3.79. The summed E-state index contributed by atoms with van der Waals surface area (Å²) in [5, 5.41) is 1.93. The highest BCUT2D eigenvalue weighted by Crippen LogP contribution is 2.28. The lowest BCUT2D eigenvalue weighted by Gasteiger charge is -2.26. The first-order valence-electron chi connectivity index (χ1n) is 10.2. The Bertz CT molecular complexity index is 1090. The number of methoxy groups -OCH3 is 1. The molecule has 1 aromatic heterocycles. The molecule has 0 radical (unpaired) electrons. The number of amides is 1. The van der Waals surface area contributed by atoms with E-state index < -0.39 is 16.0 Å². The molecular weight excluding hydrogens is 468 g/mol. The highest BCUT2D eigenvalue weighted by Gasteiger charge is 2.29. The van der Waals surface area contributed by atoms with Crippen LogP contribution in [0.25, 0.3) is 6.08 Å². The van der Waals surface area contributed by atoms with Crippen LogP contribution in [0.4, 0.5) is 0 Å². The number of carbonyl (C=O) groups is 2. The standard InChI is InChI=1S/C22H26N2O7S2/c1-23(15-18-4-3-13-32-18)21(25)16-31-22(26)8-6-17-5-7-19(29-2)20(14-17)33(27,28)24-9-11-30-12-10-24/h3-8,13-14H,9-12,15-16H2,1-2H3/b8-6+. The van der Waals surface area contributed by atoms with Crippen LogP contribution in [0.3, 0.4) is 0 Å². The summed E-state index contributed by atoms with van der Waals surface area (Å²) in [7, 11) is -0.755. The average molecular weight is 495 g/mol. The topological polar surface area (TPSA) is 102 Å². The van der Waals surface area contributed by atoms with E-state index in [1.807, 2.05) is 17.5 Å². The van der Waals surface area contributed by atoms with Gasteiger partial charge in [0.1, 0.15) is 10.6 Å². The Labute approximate surface area is 197 Å². The van der Waals surface area contributed by atoms with Crippen molar-refractivity contribution in [3.63, 3.8) is 0 Å². The summed E-state index contributed by atoms with van der Waals surface area (Å²) in [6, 6.07) is 8.42. The number of thiophene rings is 1. The van der Waals surface area contributed by atoms with Gasteiger partial charge in [-0.15, -0.1) is 11.3 Å². The third kappa shape index (κ3) is 6.64. The SMILES string of the molecule is COc1ccc(/C=C/C(=O)OCC(=O)N(C)Cc2cccs2)cc1S(=O)(=O)N1CCOCC1. The predicted molar refractivity (Wildman–Crippen MR) is 123 cm³/mol. The second-order valence-electron chi connectivity index (χ2n) is 7.20. The van der Waals surface area contributed by atoms with Gasteiger partial charge in [-0.25, -0.2) is 13.2 Å². The minimum Gasteiger partial charge on any atom is -0.495 e. The van der Waals surface area contributed by atoms with Gasteiger partial charge in [0, 0.05) is 31.1 Å². The summed E-state index contributed by atoms with van der Waals surface area (Å²) in [4.78, 5) is 26.7. The summed E-state index contributed by atoms with van der Waals surface area (Å²) in [5.74, 6) is -0.824. The fraction of sp³-hybridized carbons (Fsp3) is 0.364. The van der Waals surface area contributed by atoms with Gasteiger partial charge in [0.25, 0.3) is 5.91 Å². The van der Waals surface area contributed by atoms with Crippen molar-refractivity contribution in [1.82, 2.24) is 9.21 Å². The van der Waals surface area contributed by atoms with E-state index in [1.165, 1.54) is 45.9 Å². The zero-order valence-corrected chi connectivity index (χ0v) is 20.1. The van der Waals surface area contributed by atoms with Gasteiger partial charge in [-0.05, 0) is 35.2 Å². The van der Waals surface area contributed by atoms with E-state index in [0.717, 1.165) is 11.0 Å². The molecule has 2 heterocycles. The molecule has 1 fully saturated rings. The Morgan fingerprint density at radius 2 is 2.00 bits per heavy atom. The van der Waals surface area contributed by atoms with Crippen molar-refractivity contribution in [2.75, 3.05) is 47.1 Å². The van der Waals surface area contributed by atoms with Gasteiger partial charge < -0.3 is 19.1 Å². The van der Waals surface area contributed by atoms with Crippen molar-refractivity contribution in [2.45, 2.75) is 11.4 Å². The molecule has 0 aliphatic carbocycles. The Morgan fingerprint density at radius 3 is 2.67 bits per heavy atom. The lowest BCUT2D eigenvalue weighted by Crippen LogP contribution is -2.40. The molecule has 0 spiro atoms. The van der Waals surface area contributed by atoms with Crippen LogP contribution < -0.4 is 4.74 Å². The summed E-state index contributed by atoms with van der Waals surface area (Å²) < 4.78 is 42.9. The van der Waals surface area contributed by atoms with Crippen molar-refractivity contribution in [3.8, 4) is 5.75 Å². The first-order valence-corrected chi connectivity index (χ1v) is 12.5. The normalized spacial score (nSPS) is 14.8. The largest absolute Gasteiger partial charge is 0.495 e. The van der Waals surface area contributed by atoms with E-state index in [1.54, 1.807) is 13.1 Å². The molecule has 3 rings (SSSR count). The van der Waals surface area contributed by atoms with Gasteiger partial charge in [-0.3, -0.25) is 4.79 Å². The molecule has 0 atom stereocenters. The Hall–Kier alpha value is -2.73. The van der Waals surface area contributed by atoms with Crippen LogP contribution in [0, 0.1) is 0 Å². The third-order valence-electron chi connectivity index (χ3n) is 4.92. The van der Waals surface area contributed by atoms with Crippen molar-refractivity contribution in [3.05, 3.63) is 52.2 Å². The molecule has 1 saturated heterocycles. The lowest BCUT2D eigenvalue weighted by molar-refractivity contribution is -0.147. The molecule has 178 valence electrons.